The molecule has 0 heterocycles. The molecule has 1 heteroatoms. The Balaban J connectivity index is 1.69. The molecule has 0 aromatic carbocycles. The maximum absolute atomic E-state index is 8.65. The fourth-order valence-electron chi connectivity index (χ4n) is 4.70. The number of unbranched alkanes of at least 4 members (excludes halogenated alkanes) is 2. The van der Waals surface area contributed by atoms with Gasteiger partial charge in [0.25, 0.3) is 0 Å². The average molecular weight is 314 g/mol. The highest BCUT2D eigenvalue weighted by Crippen LogP contribution is 2.42. The number of allylic oxidation sites excluding steroid dienone is 3. The van der Waals surface area contributed by atoms with E-state index in [2.05, 4.69) is 25.6 Å². The van der Waals surface area contributed by atoms with Crippen LogP contribution in [0.4, 0.5) is 0 Å². The van der Waals surface area contributed by atoms with Crippen LogP contribution in [0.1, 0.15) is 84.0 Å². The van der Waals surface area contributed by atoms with Crippen LogP contribution in [0.3, 0.4) is 0 Å². The summed E-state index contributed by atoms with van der Waals surface area (Å²) in [5, 5.41) is 8.65. The fourth-order valence-corrected chi connectivity index (χ4v) is 4.70. The molecule has 0 radical (unpaired) electrons. The van der Waals surface area contributed by atoms with Crippen molar-refractivity contribution in [1.82, 2.24) is 0 Å². The summed E-state index contributed by atoms with van der Waals surface area (Å²) < 4.78 is 0. The second-order valence-corrected chi connectivity index (χ2v) is 7.89. The summed E-state index contributed by atoms with van der Waals surface area (Å²) in [6.07, 6.45) is 20.2. The first kappa shape index (κ1) is 18.3. The zero-order chi connectivity index (χ0) is 16.5. The summed E-state index contributed by atoms with van der Waals surface area (Å²) in [7, 11) is 0. The minimum Gasteiger partial charge on any atom is -0.193 e. The third-order valence-electron chi connectivity index (χ3n) is 6.33. The lowest BCUT2D eigenvalue weighted by Crippen LogP contribution is -2.22. The van der Waals surface area contributed by atoms with E-state index < -0.39 is 0 Å². The zero-order valence-electron chi connectivity index (χ0n) is 15.1. The van der Waals surface area contributed by atoms with Crippen molar-refractivity contribution in [2.45, 2.75) is 84.0 Å². The lowest BCUT2D eigenvalue weighted by Gasteiger charge is -2.35. The van der Waals surface area contributed by atoms with E-state index in [9.17, 15) is 0 Å². The quantitative estimate of drug-likeness (QED) is 0.287. The first-order valence-corrected chi connectivity index (χ1v) is 9.99. The molecule has 0 N–H and O–H groups in total. The molecule has 1 nitrogen and oxygen atoms in total. The molecule has 0 saturated heterocycles. The van der Waals surface area contributed by atoms with Crippen LogP contribution in [-0.4, -0.2) is 0 Å². The Morgan fingerprint density at radius 1 is 1.00 bits per heavy atom. The molecule has 0 amide bonds. The van der Waals surface area contributed by atoms with Crippen molar-refractivity contribution in [3.8, 4) is 6.07 Å². The molecule has 2 aliphatic rings. The van der Waals surface area contributed by atoms with Crippen LogP contribution in [0.25, 0.3) is 0 Å². The van der Waals surface area contributed by atoms with Gasteiger partial charge in [0.2, 0.25) is 0 Å². The van der Waals surface area contributed by atoms with Crippen LogP contribution in [-0.2, 0) is 0 Å². The SMILES string of the molecule is C=C(C1CCC(/C=C/C#N)CC1)C1CCC(CCCCC)CC1. The van der Waals surface area contributed by atoms with Crippen LogP contribution >= 0.6 is 0 Å². The minimum atomic E-state index is 0.632. The molecule has 0 atom stereocenters. The second-order valence-electron chi connectivity index (χ2n) is 7.89. The lowest BCUT2D eigenvalue weighted by molar-refractivity contribution is 0.253. The fraction of sp³-hybridized carbons (Fsp3) is 0.773. The van der Waals surface area contributed by atoms with Gasteiger partial charge in [-0.05, 0) is 75.0 Å². The largest absolute Gasteiger partial charge is 0.193 e. The third-order valence-corrected chi connectivity index (χ3v) is 6.33. The standard InChI is InChI=1S/C22H35N/c1-3-4-5-7-19-9-13-21(14-10-19)18(2)22-15-11-20(12-16-22)8-6-17-23/h6,8,19-22H,2-5,7,9-16H2,1H3/b8-6+. The monoisotopic (exact) mass is 313 g/mol. The second kappa shape index (κ2) is 9.96. The highest BCUT2D eigenvalue weighted by molar-refractivity contribution is 5.10. The van der Waals surface area contributed by atoms with Crippen LogP contribution in [0.15, 0.2) is 24.3 Å². The van der Waals surface area contributed by atoms with Crippen LogP contribution < -0.4 is 0 Å². The van der Waals surface area contributed by atoms with Crippen molar-refractivity contribution in [2.24, 2.45) is 23.7 Å². The Morgan fingerprint density at radius 3 is 2.17 bits per heavy atom. The lowest BCUT2D eigenvalue weighted by atomic mass is 9.70. The normalized spacial score (nSPS) is 31.8. The van der Waals surface area contributed by atoms with Crippen molar-refractivity contribution >= 4 is 0 Å². The van der Waals surface area contributed by atoms with Crippen molar-refractivity contribution in [2.75, 3.05) is 0 Å². The van der Waals surface area contributed by atoms with E-state index in [0.717, 1.165) is 17.8 Å². The van der Waals surface area contributed by atoms with E-state index in [1.54, 1.807) is 11.6 Å². The highest BCUT2D eigenvalue weighted by Gasteiger charge is 2.28. The molecule has 128 valence electrons. The van der Waals surface area contributed by atoms with Crippen LogP contribution in [0, 0.1) is 35.0 Å². The molecule has 2 rings (SSSR count). The summed E-state index contributed by atoms with van der Waals surface area (Å²) in [6.45, 7) is 6.82. The topological polar surface area (TPSA) is 23.8 Å². The molecular formula is C22H35N. The van der Waals surface area contributed by atoms with E-state index >= 15 is 0 Å². The number of nitriles is 1. The maximum Gasteiger partial charge on any atom is 0.0908 e. The molecule has 2 aliphatic carbocycles. The van der Waals surface area contributed by atoms with Crippen molar-refractivity contribution in [3.63, 3.8) is 0 Å². The Hall–Kier alpha value is -1.03. The Kier molecular flexibility index (Phi) is 7.93. The predicted octanol–water partition coefficient (Wildman–Crippen LogP) is 6.82. The van der Waals surface area contributed by atoms with E-state index in [0.29, 0.717) is 5.92 Å². The molecule has 23 heavy (non-hydrogen) atoms. The van der Waals surface area contributed by atoms with Crippen molar-refractivity contribution in [1.29, 1.82) is 5.26 Å². The van der Waals surface area contributed by atoms with Gasteiger partial charge in [0.15, 0.2) is 0 Å². The minimum absolute atomic E-state index is 0.632. The third kappa shape index (κ3) is 5.83. The molecular weight excluding hydrogens is 278 g/mol. The van der Waals surface area contributed by atoms with Gasteiger partial charge in [-0.3, -0.25) is 0 Å². The van der Waals surface area contributed by atoms with Crippen molar-refractivity contribution < 1.29 is 0 Å². The van der Waals surface area contributed by atoms with Gasteiger partial charge in [-0.2, -0.15) is 5.26 Å². The summed E-state index contributed by atoms with van der Waals surface area (Å²) in [5.74, 6) is 3.18. The van der Waals surface area contributed by atoms with E-state index in [4.69, 9.17) is 5.26 Å². The van der Waals surface area contributed by atoms with Crippen LogP contribution in [0.5, 0.6) is 0 Å². The van der Waals surface area contributed by atoms with Crippen molar-refractivity contribution in [3.05, 3.63) is 24.3 Å². The first-order chi connectivity index (χ1) is 11.2. The summed E-state index contributed by atoms with van der Waals surface area (Å²) in [6, 6.07) is 2.12. The number of hydrogen-bond acceptors (Lipinski definition) is 1. The predicted molar refractivity (Wildman–Crippen MR) is 98.9 cm³/mol. The van der Waals surface area contributed by atoms with E-state index in [1.165, 1.54) is 77.0 Å². The molecule has 0 spiro atoms. The van der Waals surface area contributed by atoms with Gasteiger partial charge in [0, 0.05) is 6.08 Å². The van der Waals surface area contributed by atoms with Gasteiger partial charge in [-0.15, -0.1) is 0 Å². The van der Waals surface area contributed by atoms with Gasteiger partial charge < -0.3 is 0 Å². The van der Waals surface area contributed by atoms with Gasteiger partial charge >= 0.3 is 0 Å². The van der Waals surface area contributed by atoms with Crippen LogP contribution in [0.2, 0.25) is 0 Å². The average Bonchev–Trinajstić information content (AvgIpc) is 2.61. The maximum atomic E-state index is 8.65. The molecule has 0 aromatic heterocycles. The number of nitrogens with zero attached hydrogens (tertiary/aromatic N) is 1. The Bertz CT molecular complexity index is 412. The Labute approximate surface area is 143 Å². The molecule has 2 fully saturated rings. The van der Waals surface area contributed by atoms with E-state index in [1.807, 2.05) is 0 Å². The number of hydrogen-bond donors (Lipinski definition) is 0. The molecule has 0 aromatic rings. The summed E-state index contributed by atoms with van der Waals surface area (Å²) >= 11 is 0. The molecule has 2 saturated carbocycles. The number of rotatable bonds is 7. The summed E-state index contributed by atoms with van der Waals surface area (Å²) in [5.41, 5.74) is 1.57. The van der Waals surface area contributed by atoms with E-state index in [-0.39, 0.29) is 0 Å². The first-order valence-electron chi connectivity index (χ1n) is 9.99. The molecule has 0 bridgehead atoms. The van der Waals surface area contributed by atoms with Gasteiger partial charge in [0.05, 0.1) is 6.07 Å². The smallest absolute Gasteiger partial charge is 0.0908 e. The van der Waals surface area contributed by atoms with Gasteiger partial charge in [-0.25, -0.2) is 0 Å². The summed E-state index contributed by atoms with van der Waals surface area (Å²) in [4.78, 5) is 0. The Morgan fingerprint density at radius 2 is 1.61 bits per heavy atom. The molecule has 0 unspecified atom stereocenters. The van der Waals surface area contributed by atoms with Gasteiger partial charge in [-0.1, -0.05) is 50.8 Å². The highest BCUT2D eigenvalue weighted by atomic mass is 14.3. The molecule has 0 aliphatic heterocycles. The zero-order valence-corrected chi connectivity index (χ0v) is 15.1. The van der Waals surface area contributed by atoms with Gasteiger partial charge in [0.1, 0.15) is 0 Å².